The van der Waals surface area contributed by atoms with Gasteiger partial charge in [-0.3, -0.25) is 4.79 Å². The second kappa shape index (κ2) is 8.12. The van der Waals surface area contributed by atoms with Gasteiger partial charge in [0.05, 0.1) is 5.92 Å². The molecule has 3 aromatic rings. The van der Waals surface area contributed by atoms with Crippen LogP contribution in [0.5, 0.6) is 0 Å². The zero-order valence-corrected chi connectivity index (χ0v) is 15.5. The first-order valence-electron chi connectivity index (χ1n) is 9.45. The molecule has 1 atom stereocenters. The minimum Gasteiger partial charge on any atom is -0.371 e. The molecule has 1 aliphatic rings. The fraction of sp³-hybridized carbons (Fsp3) is 0.286. The number of nitrogens with one attached hydrogen (secondary N) is 1. The molecule has 1 saturated heterocycles. The molecule has 7 heteroatoms. The molecule has 3 N–H and O–H groups in total. The molecule has 0 aliphatic carbocycles. The van der Waals surface area contributed by atoms with Gasteiger partial charge in [0.15, 0.2) is 0 Å². The number of nitrogens with zero attached hydrogens (tertiary/aromatic N) is 3. The van der Waals surface area contributed by atoms with Gasteiger partial charge in [-0.1, -0.05) is 47.6 Å². The molecule has 28 heavy (non-hydrogen) atoms. The molecular formula is C21H23N5O2. The molecule has 7 nitrogen and oxygen atoms in total. The summed E-state index contributed by atoms with van der Waals surface area (Å²) in [5.74, 6) is 0.291. The van der Waals surface area contributed by atoms with Crippen LogP contribution in [0.2, 0.25) is 0 Å². The van der Waals surface area contributed by atoms with E-state index in [1.165, 1.54) is 0 Å². The summed E-state index contributed by atoms with van der Waals surface area (Å²) in [6, 6.07) is 18.4. The van der Waals surface area contributed by atoms with Crippen molar-refractivity contribution in [2.24, 2.45) is 11.7 Å². The molecule has 144 valence electrons. The molecule has 1 amide bonds. The van der Waals surface area contributed by atoms with Crippen LogP contribution in [-0.4, -0.2) is 29.1 Å². The Morgan fingerprint density at radius 1 is 1.18 bits per heavy atom. The quantitative estimate of drug-likeness (QED) is 0.685. The Morgan fingerprint density at radius 3 is 2.71 bits per heavy atom. The van der Waals surface area contributed by atoms with E-state index in [4.69, 9.17) is 10.3 Å². The van der Waals surface area contributed by atoms with Crippen molar-refractivity contribution in [3.8, 4) is 11.4 Å². The largest absolute Gasteiger partial charge is 0.371 e. The average Bonchev–Trinajstić information content (AvgIpc) is 3.22. The van der Waals surface area contributed by atoms with E-state index < -0.39 is 0 Å². The molecule has 2 heterocycles. The van der Waals surface area contributed by atoms with Gasteiger partial charge in [0.2, 0.25) is 11.7 Å². The molecule has 1 aromatic heterocycles. The lowest BCUT2D eigenvalue weighted by Crippen LogP contribution is -2.41. The zero-order valence-electron chi connectivity index (χ0n) is 15.5. The van der Waals surface area contributed by atoms with Crippen molar-refractivity contribution in [3.63, 3.8) is 0 Å². The Bertz CT molecular complexity index is 923. The first kappa shape index (κ1) is 18.0. The highest BCUT2D eigenvalue weighted by Gasteiger charge is 2.24. The molecule has 1 aliphatic heterocycles. The van der Waals surface area contributed by atoms with E-state index in [1.54, 1.807) is 0 Å². The van der Waals surface area contributed by atoms with Gasteiger partial charge in [0.25, 0.3) is 0 Å². The Hall–Kier alpha value is -3.35. The van der Waals surface area contributed by atoms with Crippen molar-refractivity contribution in [3.05, 3.63) is 60.2 Å². The van der Waals surface area contributed by atoms with E-state index in [9.17, 15) is 4.79 Å². The van der Waals surface area contributed by atoms with Crippen molar-refractivity contribution >= 4 is 17.6 Å². The topological polar surface area (TPSA) is 97.3 Å². The van der Waals surface area contributed by atoms with E-state index in [0.29, 0.717) is 24.9 Å². The van der Waals surface area contributed by atoms with Gasteiger partial charge < -0.3 is 20.5 Å². The van der Waals surface area contributed by atoms with Crippen molar-refractivity contribution < 1.29 is 9.32 Å². The Balaban J connectivity index is 1.35. The first-order chi connectivity index (χ1) is 13.7. The summed E-state index contributed by atoms with van der Waals surface area (Å²) < 4.78 is 5.27. The number of rotatable bonds is 6. The normalized spacial score (nSPS) is 16.7. The summed E-state index contributed by atoms with van der Waals surface area (Å²) in [7, 11) is 0. The number of hydrogen-bond donors (Lipinski definition) is 2. The molecule has 1 fully saturated rings. The lowest BCUT2D eigenvalue weighted by atomic mass is 9.97. The number of nitrogens with two attached hydrogens (primary N) is 1. The minimum atomic E-state index is -0.208. The smallest absolute Gasteiger partial charge is 0.322 e. The Labute approximate surface area is 163 Å². The Kier molecular flexibility index (Phi) is 5.23. The average molecular weight is 377 g/mol. The maximum atomic E-state index is 11.5. The number of carbonyl (C=O) groups is 1. The number of hydrogen-bond acceptors (Lipinski definition) is 6. The lowest BCUT2D eigenvalue weighted by Gasteiger charge is -2.33. The van der Waals surface area contributed by atoms with Crippen LogP contribution in [0, 0.1) is 5.92 Å². The van der Waals surface area contributed by atoms with Gasteiger partial charge in [-0.2, -0.15) is 4.98 Å². The third-order valence-corrected chi connectivity index (χ3v) is 5.03. The van der Waals surface area contributed by atoms with Crippen LogP contribution < -0.4 is 16.0 Å². The zero-order chi connectivity index (χ0) is 19.3. The third-order valence-electron chi connectivity index (χ3n) is 5.03. The van der Waals surface area contributed by atoms with Gasteiger partial charge in [-0.05, 0) is 30.5 Å². The van der Waals surface area contributed by atoms with E-state index in [1.807, 2.05) is 30.3 Å². The molecule has 2 aromatic carbocycles. The van der Waals surface area contributed by atoms with Crippen LogP contribution >= 0.6 is 0 Å². The summed E-state index contributed by atoms with van der Waals surface area (Å²) in [6.45, 7) is 2.23. The van der Waals surface area contributed by atoms with E-state index in [0.717, 1.165) is 36.2 Å². The van der Waals surface area contributed by atoms with Crippen LogP contribution in [0.4, 0.5) is 11.7 Å². The molecular weight excluding hydrogens is 354 g/mol. The number of carbonyl (C=O) groups excluding carboxylic acids is 1. The molecule has 0 unspecified atom stereocenters. The highest BCUT2D eigenvalue weighted by Crippen LogP contribution is 2.24. The fourth-order valence-corrected chi connectivity index (χ4v) is 3.45. The van der Waals surface area contributed by atoms with Gasteiger partial charge in [-0.15, -0.1) is 0 Å². The predicted octanol–water partition coefficient (Wildman–Crippen LogP) is 3.05. The number of primary amides is 1. The lowest BCUT2D eigenvalue weighted by molar-refractivity contribution is -0.122. The maximum Gasteiger partial charge on any atom is 0.322 e. The van der Waals surface area contributed by atoms with Gasteiger partial charge in [0, 0.05) is 30.9 Å². The highest BCUT2D eigenvalue weighted by molar-refractivity contribution is 5.77. The molecule has 0 radical (unpaired) electrons. The second-order valence-corrected chi connectivity index (χ2v) is 7.00. The maximum absolute atomic E-state index is 11.5. The number of amides is 1. The standard InChI is InChI=1S/C21H23N5O2/c22-19(27)17-7-4-12-26(14-17)18-10-8-15(9-11-18)13-23-21-24-20(25-28-21)16-5-2-1-3-6-16/h1-3,5-6,8-11,17H,4,7,12-14H2,(H2,22,27)(H,23,24,25)/t17-/m1/s1. The molecule has 0 saturated carbocycles. The van der Waals surface area contributed by atoms with Crippen LogP contribution in [0.3, 0.4) is 0 Å². The van der Waals surface area contributed by atoms with Crippen molar-refractivity contribution in [2.45, 2.75) is 19.4 Å². The monoisotopic (exact) mass is 377 g/mol. The van der Waals surface area contributed by atoms with Gasteiger partial charge in [0.1, 0.15) is 0 Å². The van der Waals surface area contributed by atoms with Gasteiger partial charge in [-0.25, -0.2) is 0 Å². The van der Waals surface area contributed by atoms with Crippen LogP contribution in [0.25, 0.3) is 11.4 Å². The highest BCUT2D eigenvalue weighted by atomic mass is 16.5. The number of anilines is 2. The van der Waals surface area contributed by atoms with Crippen molar-refractivity contribution in [2.75, 3.05) is 23.3 Å². The van der Waals surface area contributed by atoms with E-state index in [2.05, 4.69) is 44.6 Å². The first-order valence-corrected chi connectivity index (χ1v) is 9.45. The van der Waals surface area contributed by atoms with Crippen LogP contribution in [0.1, 0.15) is 18.4 Å². The van der Waals surface area contributed by atoms with Crippen molar-refractivity contribution in [1.29, 1.82) is 0 Å². The van der Waals surface area contributed by atoms with E-state index >= 15 is 0 Å². The predicted molar refractivity (Wildman–Crippen MR) is 108 cm³/mol. The van der Waals surface area contributed by atoms with E-state index in [-0.39, 0.29) is 11.8 Å². The number of benzene rings is 2. The third kappa shape index (κ3) is 4.14. The summed E-state index contributed by atoms with van der Waals surface area (Å²) in [4.78, 5) is 18.1. The second-order valence-electron chi connectivity index (χ2n) is 7.00. The fourth-order valence-electron chi connectivity index (χ4n) is 3.45. The number of aromatic nitrogens is 2. The molecule has 4 rings (SSSR count). The van der Waals surface area contributed by atoms with Gasteiger partial charge >= 0.3 is 6.01 Å². The summed E-state index contributed by atoms with van der Waals surface area (Å²) in [5.41, 5.74) is 8.60. The summed E-state index contributed by atoms with van der Waals surface area (Å²) >= 11 is 0. The number of piperidine rings is 1. The molecule has 0 bridgehead atoms. The van der Waals surface area contributed by atoms with Crippen molar-refractivity contribution in [1.82, 2.24) is 10.1 Å². The van der Waals surface area contributed by atoms with Crippen LogP contribution in [0.15, 0.2) is 59.1 Å². The summed E-state index contributed by atoms with van der Waals surface area (Å²) in [5, 5.41) is 7.16. The minimum absolute atomic E-state index is 0.0635. The Morgan fingerprint density at radius 2 is 1.96 bits per heavy atom. The SMILES string of the molecule is NC(=O)[C@@H]1CCCN(c2ccc(CNc3nc(-c4ccccc4)no3)cc2)C1. The summed E-state index contributed by atoms with van der Waals surface area (Å²) in [6.07, 6.45) is 1.86. The van der Waals surface area contributed by atoms with Crippen LogP contribution in [-0.2, 0) is 11.3 Å². The molecule has 0 spiro atoms.